The van der Waals surface area contributed by atoms with Crippen molar-refractivity contribution in [1.29, 1.82) is 0 Å². The zero-order chi connectivity index (χ0) is 10.4. The topological polar surface area (TPSA) is 12.0 Å². The summed E-state index contributed by atoms with van der Waals surface area (Å²) in [5.74, 6) is 0.837. The van der Waals surface area contributed by atoms with E-state index in [4.69, 9.17) is 0 Å². The van der Waals surface area contributed by atoms with Crippen LogP contribution in [0.5, 0.6) is 0 Å². The molecule has 0 unspecified atom stereocenters. The van der Waals surface area contributed by atoms with Gasteiger partial charge in [-0.1, -0.05) is 33.6 Å². The molecule has 1 heteroatoms. The van der Waals surface area contributed by atoms with Gasteiger partial charge in [-0.15, -0.1) is 0 Å². The second-order valence-corrected chi connectivity index (χ2v) is 5.42. The van der Waals surface area contributed by atoms with E-state index in [1.165, 1.54) is 51.6 Å². The lowest BCUT2D eigenvalue weighted by atomic mass is 9.83. The van der Waals surface area contributed by atoms with Gasteiger partial charge in [0.1, 0.15) is 0 Å². The molecule has 0 radical (unpaired) electrons. The molecule has 0 bridgehead atoms. The van der Waals surface area contributed by atoms with Gasteiger partial charge in [-0.2, -0.15) is 0 Å². The molecule has 0 amide bonds. The lowest BCUT2D eigenvalue weighted by Crippen LogP contribution is -2.32. The van der Waals surface area contributed by atoms with Crippen LogP contribution in [0.1, 0.15) is 59.3 Å². The lowest BCUT2D eigenvalue weighted by Gasteiger charge is -2.28. The third kappa shape index (κ3) is 3.61. The Hall–Kier alpha value is -0.0400. The van der Waals surface area contributed by atoms with E-state index in [1.807, 2.05) is 0 Å². The highest BCUT2D eigenvalue weighted by molar-refractivity contribution is 4.85. The fraction of sp³-hybridized carbons (Fsp3) is 1.00. The summed E-state index contributed by atoms with van der Waals surface area (Å²) in [5.41, 5.74) is 0.664. The van der Waals surface area contributed by atoms with Crippen molar-refractivity contribution in [2.75, 3.05) is 13.1 Å². The minimum absolute atomic E-state index is 0.664. The smallest absolute Gasteiger partial charge is 0.000770 e. The summed E-state index contributed by atoms with van der Waals surface area (Å²) in [4.78, 5) is 0. The van der Waals surface area contributed by atoms with Crippen LogP contribution in [-0.2, 0) is 0 Å². The monoisotopic (exact) mass is 197 g/mol. The molecular formula is C13H27N. The first-order valence-electron chi connectivity index (χ1n) is 6.39. The van der Waals surface area contributed by atoms with Crippen LogP contribution in [0.2, 0.25) is 0 Å². The first-order valence-corrected chi connectivity index (χ1v) is 6.39. The van der Waals surface area contributed by atoms with Gasteiger partial charge < -0.3 is 5.32 Å². The Kier molecular flexibility index (Phi) is 4.94. The SMILES string of the molecule is CCC1(CNCCC(C)C)CCCC1. The maximum atomic E-state index is 3.65. The van der Waals surface area contributed by atoms with Crippen LogP contribution < -0.4 is 5.32 Å². The fourth-order valence-corrected chi connectivity index (χ4v) is 2.52. The molecule has 1 nitrogen and oxygen atoms in total. The number of hydrogen-bond acceptors (Lipinski definition) is 1. The Balaban J connectivity index is 2.15. The number of nitrogens with one attached hydrogen (secondary N) is 1. The first-order chi connectivity index (χ1) is 6.68. The Labute approximate surface area is 89.7 Å². The quantitative estimate of drug-likeness (QED) is 0.642. The molecule has 0 spiro atoms. The predicted octanol–water partition coefficient (Wildman–Crippen LogP) is 3.59. The minimum atomic E-state index is 0.664. The van der Waals surface area contributed by atoms with Crippen molar-refractivity contribution < 1.29 is 0 Å². The number of rotatable bonds is 6. The van der Waals surface area contributed by atoms with Crippen molar-refractivity contribution in [3.63, 3.8) is 0 Å². The van der Waals surface area contributed by atoms with E-state index in [9.17, 15) is 0 Å². The summed E-state index contributed by atoms with van der Waals surface area (Å²) >= 11 is 0. The van der Waals surface area contributed by atoms with Crippen molar-refractivity contribution in [3.8, 4) is 0 Å². The maximum absolute atomic E-state index is 3.65. The van der Waals surface area contributed by atoms with E-state index < -0.39 is 0 Å². The van der Waals surface area contributed by atoms with Crippen LogP contribution in [0.4, 0.5) is 0 Å². The van der Waals surface area contributed by atoms with Gasteiger partial charge in [0.05, 0.1) is 0 Å². The van der Waals surface area contributed by atoms with E-state index in [0.717, 1.165) is 5.92 Å². The summed E-state index contributed by atoms with van der Waals surface area (Å²) in [6, 6.07) is 0. The van der Waals surface area contributed by atoms with Gasteiger partial charge in [0.2, 0.25) is 0 Å². The standard InChI is InChI=1S/C13H27N/c1-4-13(8-5-6-9-13)11-14-10-7-12(2)3/h12,14H,4-11H2,1-3H3. The molecule has 1 aliphatic carbocycles. The van der Waals surface area contributed by atoms with Gasteiger partial charge in [-0.25, -0.2) is 0 Å². The van der Waals surface area contributed by atoms with Crippen LogP contribution in [0, 0.1) is 11.3 Å². The van der Waals surface area contributed by atoms with Crippen molar-refractivity contribution >= 4 is 0 Å². The molecule has 1 N–H and O–H groups in total. The molecule has 1 fully saturated rings. The molecule has 1 saturated carbocycles. The van der Waals surface area contributed by atoms with Gasteiger partial charge in [-0.05, 0) is 43.6 Å². The van der Waals surface area contributed by atoms with E-state index in [0.29, 0.717) is 5.41 Å². The highest BCUT2D eigenvalue weighted by Crippen LogP contribution is 2.40. The van der Waals surface area contributed by atoms with Crippen molar-refractivity contribution in [3.05, 3.63) is 0 Å². The molecular weight excluding hydrogens is 170 g/mol. The molecule has 0 aliphatic heterocycles. The van der Waals surface area contributed by atoms with Gasteiger partial charge >= 0.3 is 0 Å². The van der Waals surface area contributed by atoms with E-state index in [-0.39, 0.29) is 0 Å². The Morgan fingerprint density at radius 3 is 2.36 bits per heavy atom. The number of hydrogen-bond donors (Lipinski definition) is 1. The predicted molar refractivity (Wildman–Crippen MR) is 63.5 cm³/mol. The third-order valence-corrected chi connectivity index (χ3v) is 3.81. The average Bonchev–Trinajstić information content (AvgIpc) is 2.62. The van der Waals surface area contributed by atoms with Crippen LogP contribution >= 0.6 is 0 Å². The van der Waals surface area contributed by atoms with E-state index >= 15 is 0 Å². The summed E-state index contributed by atoms with van der Waals surface area (Å²) in [6.07, 6.45) is 8.51. The summed E-state index contributed by atoms with van der Waals surface area (Å²) in [6.45, 7) is 9.42. The normalized spacial score (nSPS) is 20.6. The highest BCUT2D eigenvalue weighted by atomic mass is 14.9. The van der Waals surface area contributed by atoms with Gasteiger partial charge in [-0.3, -0.25) is 0 Å². The first kappa shape index (κ1) is 12.0. The third-order valence-electron chi connectivity index (χ3n) is 3.81. The fourth-order valence-electron chi connectivity index (χ4n) is 2.52. The van der Waals surface area contributed by atoms with Crippen LogP contribution in [0.3, 0.4) is 0 Å². The minimum Gasteiger partial charge on any atom is -0.316 e. The average molecular weight is 197 g/mol. The molecule has 0 aromatic heterocycles. The molecule has 0 aromatic rings. The van der Waals surface area contributed by atoms with Crippen LogP contribution in [0.15, 0.2) is 0 Å². The molecule has 0 aromatic carbocycles. The molecule has 14 heavy (non-hydrogen) atoms. The van der Waals surface area contributed by atoms with E-state index in [1.54, 1.807) is 0 Å². The van der Waals surface area contributed by atoms with Gasteiger partial charge in [0.25, 0.3) is 0 Å². The molecule has 0 heterocycles. The molecule has 1 rings (SSSR count). The zero-order valence-electron chi connectivity index (χ0n) is 10.2. The molecule has 1 aliphatic rings. The van der Waals surface area contributed by atoms with Crippen LogP contribution in [0.25, 0.3) is 0 Å². The highest BCUT2D eigenvalue weighted by Gasteiger charge is 2.31. The van der Waals surface area contributed by atoms with Crippen molar-refractivity contribution in [1.82, 2.24) is 5.32 Å². The summed E-state index contributed by atoms with van der Waals surface area (Å²) < 4.78 is 0. The summed E-state index contributed by atoms with van der Waals surface area (Å²) in [5, 5.41) is 3.65. The van der Waals surface area contributed by atoms with Crippen molar-refractivity contribution in [2.45, 2.75) is 59.3 Å². The molecule has 84 valence electrons. The van der Waals surface area contributed by atoms with Gasteiger partial charge in [0.15, 0.2) is 0 Å². The second kappa shape index (κ2) is 5.75. The maximum Gasteiger partial charge on any atom is 0.000770 e. The molecule has 0 atom stereocenters. The van der Waals surface area contributed by atoms with E-state index in [2.05, 4.69) is 26.1 Å². The van der Waals surface area contributed by atoms with Crippen molar-refractivity contribution in [2.24, 2.45) is 11.3 Å². The zero-order valence-corrected chi connectivity index (χ0v) is 10.2. The summed E-state index contributed by atoms with van der Waals surface area (Å²) in [7, 11) is 0. The lowest BCUT2D eigenvalue weighted by molar-refractivity contribution is 0.267. The van der Waals surface area contributed by atoms with Gasteiger partial charge in [0, 0.05) is 6.54 Å². The Bertz CT molecular complexity index is 145. The Morgan fingerprint density at radius 1 is 1.21 bits per heavy atom. The Morgan fingerprint density at radius 2 is 1.86 bits per heavy atom. The largest absolute Gasteiger partial charge is 0.316 e. The second-order valence-electron chi connectivity index (χ2n) is 5.42. The molecule has 0 saturated heterocycles. The van der Waals surface area contributed by atoms with Crippen LogP contribution in [-0.4, -0.2) is 13.1 Å².